The van der Waals surface area contributed by atoms with E-state index in [0.29, 0.717) is 23.0 Å². The highest BCUT2D eigenvalue weighted by Crippen LogP contribution is 2.24. The van der Waals surface area contributed by atoms with Crippen LogP contribution in [0.25, 0.3) is 0 Å². The monoisotopic (exact) mass is 254 g/mol. The predicted molar refractivity (Wildman–Crippen MR) is 72.2 cm³/mol. The molecule has 1 N–H and O–H groups in total. The standard InChI is InChI=1S/C14H14N4O/c1-3-17-13-8-16-9-14(18-13)19-12-6-11(7-15)5-4-10(12)2/h4-6,8-9H,3H2,1-2H3,(H,17,18). The van der Waals surface area contributed by atoms with Gasteiger partial charge in [-0.3, -0.25) is 4.98 Å². The fourth-order valence-corrected chi connectivity index (χ4v) is 1.56. The number of hydrogen-bond acceptors (Lipinski definition) is 5. The van der Waals surface area contributed by atoms with Gasteiger partial charge in [-0.05, 0) is 31.5 Å². The molecule has 0 bridgehead atoms. The van der Waals surface area contributed by atoms with E-state index < -0.39 is 0 Å². The van der Waals surface area contributed by atoms with Crippen molar-refractivity contribution in [2.75, 3.05) is 11.9 Å². The first-order valence-electron chi connectivity index (χ1n) is 5.97. The van der Waals surface area contributed by atoms with Crippen LogP contribution in [0.2, 0.25) is 0 Å². The molecule has 0 saturated carbocycles. The van der Waals surface area contributed by atoms with Crippen molar-refractivity contribution in [1.29, 1.82) is 5.26 Å². The third-order valence-electron chi connectivity index (χ3n) is 2.50. The Kier molecular flexibility index (Phi) is 3.94. The van der Waals surface area contributed by atoms with Gasteiger partial charge >= 0.3 is 0 Å². The molecule has 5 nitrogen and oxygen atoms in total. The second-order valence-corrected chi connectivity index (χ2v) is 3.97. The molecule has 96 valence electrons. The molecule has 0 fully saturated rings. The maximum absolute atomic E-state index is 8.89. The van der Waals surface area contributed by atoms with Crippen LogP contribution in [-0.4, -0.2) is 16.5 Å². The molecule has 1 aromatic carbocycles. The lowest BCUT2D eigenvalue weighted by Gasteiger charge is -2.09. The van der Waals surface area contributed by atoms with E-state index in [1.807, 2.05) is 19.9 Å². The minimum Gasteiger partial charge on any atom is -0.437 e. The fourth-order valence-electron chi connectivity index (χ4n) is 1.56. The molecule has 0 radical (unpaired) electrons. The van der Waals surface area contributed by atoms with Gasteiger partial charge in [-0.1, -0.05) is 6.07 Å². The Labute approximate surface area is 111 Å². The summed E-state index contributed by atoms with van der Waals surface area (Å²) < 4.78 is 5.67. The zero-order valence-electron chi connectivity index (χ0n) is 10.8. The van der Waals surface area contributed by atoms with E-state index in [2.05, 4.69) is 21.4 Å². The summed E-state index contributed by atoms with van der Waals surface area (Å²) in [6.45, 7) is 4.66. The van der Waals surface area contributed by atoms with E-state index in [9.17, 15) is 0 Å². The predicted octanol–water partition coefficient (Wildman–Crippen LogP) is 2.88. The highest BCUT2D eigenvalue weighted by Gasteiger charge is 2.05. The molecule has 1 heterocycles. The first-order valence-corrected chi connectivity index (χ1v) is 5.97. The number of benzene rings is 1. The molecule has 0 aliphatic rings. The van der Waals surface area contributed by atoms with Gasteiger partial charge in [-0.2, -0.15) is 10.2 Å². The van der Waals surface area contributed by atoms with Crippen molar-refractivity contribution in [2.45, 2.75) is 13.8 Å². The summed E-state index contributed by atoms with van der Waals surface area (Å²) >= 11 is 0. The average Bonchev–Trinajstić information content (AvgIpc) is 2.42. The largest absolute Gasteiger partial charge is 0.437 e. The van der Waals surface area contributed by atoms with E-state index in [0.717, 1.165) is 12.1 Å². The molecule has 2 rings (SSSR count). The molecule has 0 atom stereocenters. The van der Waals surface area contributed by atoms with E-state index in [1.54, 1.807) is 24.5 Å². The number of anilines is 1. The SMILES string of the molecule is CCNc1cncc(Oc2cc(C#N)ccc2C)n1. The van der Waals surface area contributed by atoms with Crippen LogP contribution in [0.15, 0.2) is 30.6 Å². The zero-order valence-corrected chi connectivity index (χ0v) is 10.8. The van der Waals surface area contributed by atoms with Crippen molar-refractivity contribution in [3.63, 3.8) is 0 Å². The number of nitrogens with one attached hydrogen (secondary N) is 1. The highest BCUT2D eigenvalue weighted by atomic mass is 16.5. The molecule has 5 heteroatoms. The van der Waals surface area contributed by atoms with E-state index in [4.69, 9.17) is 10.00 Å². The van der Waals surface area contributed by atoms with Crippen LogP contribution in [0.4, 0.5) is 5.82 Å². The third-order valence-corrected chi connectivity index (χ3v) is 2.50. The number of nitriles is 1. The normalized spacial score (nSPS) is 9.74. The van der Waals surface area contributed by atoms with Gasteiger partial charge in [0.05, 0.1) is 24.0 Å². The molecule has 0 amide bonds. The van der Waals surface area contributed by atoms with Crippen LogP contribution >= 0.6 is 0 Å². The third kappa shape index (κ3) is 3.19. The van der Waals surface area contributed by atoms with E-state index >= 15 is 0 Å². The number of ether oxygens (including phenoxy) is 1. The van der Waals surface area contributed by atoms with Gasteiger partial charge in [-0.15, -0.1) is 0 Å². The highest BCUT2D eigenvalue weighted by molar-refractivity contribution is 5.43. The molecule has 0 aliphatic heterocycles. The average molecular weight is 254 g/mol. The van der Waals surface area contributed by atoms with Crippen LogP contribution in [-0.2, 0) is 0 Å². The van der Waals surface area contributed by atoms with Gasteiger partial charge in [0.2, 0.25) is 5.88 Å². The Morgan fingerprint density at radius 1 is 1.37 bits per heavy atom. The van der Waals surface area contributed by atoms with Crippen molar-refractivity contribution in [1.82, 2.24) is 9.97 Å². The van der Waals surface area contributed by atoms with Crippen molar-refractivity contribution in [3.8, 4) is 17.7 Å². The van der Waals surface area contributed by atoms with Gasteiger partial charge in [0.15, 0.2) is 0 Å². The number of hydrogen-bond donors (Lipinski definition) is 1. The smallest absolute Gasteiger partial charge is 0.239 e. The Hall–Kier alpha value is -2.61. The quantitative estimate of drug-likeness (QED) is 0.908. The van der Waals surface area contributed by atoms with Crippen LogP contribution in [0, 0.1) is 18.3 Å². The van der Waals surface area contributed by atoms with Crippen LogP contribution < -0.4 is 10.1 Å². The molecule has 0 spiro atoms. The lowest BCUT2D eigenvalue weighted by Crippen LogP contribution is -2.01. The Bertz CT molecular complexity index is 619. The van der Waals surface area contributed by atoms with Crippen molar-refractivity contribution >= 4 is 5.82 Å². The number of aryl methyl sites for hydroxylation is 1. The number of rotatable bonds is 4. The summed E-state index contributed by atoms with van der Waals surface area (Å²) in [5.41, 5.74) is 1.49. The van der Waals surface area contributed by atoms with Gasteiger partial charge < -0.3 is 10.1 Å². The van der Waals surface area contributed by atoms with Crippen LogP contribution in [0.3, 0.4) is 0 Å². The summed E-state index contributed by atoms with van der Waals surface area (Å²) in [5, 5.41) is 12.0. The molecule has 0 aliphatic carbocycles. The number of aromatic nitrogens is 2. The maximum atomic E-state index is 8.89. The molecule has 1 aromatic heterocycles. The Morgan fingerprint density at radius 2 is 2.21 bits per heavy atom. The van der Waals surface area contributed by atoms with Gasteiger partial charge in [0.25, 0.3) is 0 Å². The topological polar surface area (TPSA) is 70.8 Å². The molecular weight excluding hydrogens is 240 g/mol. The Morgan fingerprint density at radius 3 is 2.95 bits per heavy atom. The zero-order chi connectivity index (χ0) is 13.7. The van der Waals surface area contributed by atoms with Crippen molar-refractivity contribution in [3.05, 3.63) is 41.7 Å². The maximum Gasteiger partial charge on any atom is 0.239 e. The molecule has 0 unspecified atom stereocenters. The van der Waals surface area contributed by atoms with Gasteiger partial charge in [-0.25, -0.2) is 0 Å². The van der Waals surface area contributed by atoms with Crippen LogP contribution in [0.5, 0.6) is 11.6 Å². The van der Waals surface area contributed by atoms with Gasteiger partial charge in [0, 0.05) is 6.54 Å². The second kappa shape index (κ2) is 5.83. The first kappa shape index (κ1) is 12.8. The summed E-state index contributed by atoms with van der Waals surface area (Å²) in [6.07, 6.45) is 3.17. The first-order chi connectivity index (χ1) is 9.22. The van der Waals surface area contributed by atoms with E-state index in [1.165, 1.54) is 0 Å². The minimum atomic E-state index is 0.400. The lowest BCUT2D eigenvalue weighted by atomic mass is 10.1. The Balaban J connectivity index is 2.26. The van der Waals surface area contributed by atoms with E-state index in [-0.39, 0.29) is 0 Å². The van der Waals surface area contributed by atoms with Crippen molar-refractivity contribution in [2.24, 2.45) is 0 Å². The fraction of sp³-hybridized carbons (Fsp3) is 0.214. The molecule has 19 heavy (non-hydrogen) atoms. The summed E-state index contributed by atoms with van der Waals surface area (Å²) in [4.78, 5) is 8.33. The summed E-state index contributed by atoms with van der Waals surface area (Å²) in [5.74, 6) is 1.67. The second-order valence-electron chi connectivity index (χ2n) is 3.97. The summed E-state index contributed by atoms with van der Waals surface area (Å²) in [6, 6.07) is 7.37. The minimum absolute atomic E-state index is 0.400. The molecular formula is C14H14N4O. The lowest BCUT2D eigenvalue weighted by molar-refractivity contribution is 0.457. The summed E-state index contributed by atoms with van der Waals surface area (Å²) in [7, 11) is 0. The van der Waals surface area contributed by atoms with Crippen LogP contribution in [0.1, 0.15) is 18.1 Å². The molecule has 0 saturated heterocycles. The number of nitrogens with zero attached hydrogens (tertiary/aromatic N) is 3. The van der Waals surface area contributed by atoms with Crippen molar-refractivity contribution < 1.29 is 4.74 Å². The molecule has 2 aromatic rings. The van der Waals surface area contributed by atoms with Gasteiger partial charge in [0.1, 0.15) is 11.6 Å².